The monoisotopic (exact) mass is 398 g/mol. The number of aromatic nitrogens is 2. The summed E-state index contributed by atoms with van der Waals surface area (Å²) in [6.07, 6.45) is 0.410. The zero-order valence-electron chi connectivity index (χ0n) is 16.7. The van der Waals surface area contributed by atoms with Crippen molar-refractivity contribution in [1.29, 1.82) is 0 Å². The molecule has 4 rings (SSSR count). The molecule has 30 heavy (non-hydrogen) atoms. The van der Waals surface area contributed by atoms with E-state index in [0.717, 1.165) is 11.1 Å². The molecule has 0 saturated carbocycles. The second-order valence-electron chi connectivity index (χ2n) is 7.01. The fraction of sp³-hybridized carbons (Fsp3) is 0.160. The zero-order chi connectivity index (χ0) is 20.9. The Morgan fingerprint density at radius 2 is 1.57 bits per heavy atom. The van der Waals surface area contributed by atoms with Crippen molar-refractivity contribution in [2.24, 2.45) is 0 Å². The molecular formula is C25H22N2O3. The zero-order valence-corrected chi connectivity index (χ0v) is 16.7. The van der Waals surface area contributed by atoms with Gasteiger partial charge in [-0.15, -0.1) is 0 Å². The van der Waals surface area contributed by atoms with Gasteiger partial charge < -0.3 is 4.74 Å². The number of carbonyl (C=O) groups is 1. The molecule has 1 unspecified atom stereocenters. The van der Waals surface area contributed by atoms with Crippen LogP contribution in [0.2, 0.25) is 0 Å². The average molecular weight is 398 g/mol. The largest absolute Gasteiger partial charge is 0.459 e. The predicted octanol–water partition coefficient (Wildman–Crippen LogP) is 4.76. The number of para-hydroxylation sites is 1. The highest BCUT2D eigenvalue weighted by atomic mass is 16.5. The fourth-order valence-electron chi connectivity index (χ4n) is 3.51. The molecule has 150 valence electrons. The number of nitrogens with zero attached hydrogens (tertiary/aromatic N) is 2. The SMILES string of the molecule is CCC(C(=O)OCc1ccccc1)n1c(-c2ccccc2)nc2ccccc2c1=O. The van der Waals surface area contributed by atoms with E-state index in [1.807, 2.05) is 79.7 Å². The summed E-state index contributed by atoms with van der Waals surface area (Å²) in [6, 6.07) is 25.3. The van der Waals surface area contributed by atoms with Crippen LogP contribution in [0.3, 0.4) is 0 Å². The summed E-state index contributed by atoms with van der Waals surface area (Å²) in [7, 11) is 0. The Morgan fingerprint density at radius 1 is 0.933 bits per heavy atom. The van der Waals surface area contributed by atoms with Gasteiger partial charge in [0.25, 0.3) is 5.56 Å². The molecule has 0 fully saturated rings. The first-order valence-electron chi connectivity index (χ1n) is 9.96. The van der Waals surface area contributed by atoms with Crippen molar-refractivity contribution in [2.75, 3.05) is 0 Å². The molecule has 0 spiro atoms. The highest BCUT2D eigenvalue weighted by Crippen LogP contribution is 2.24. The summed E-state index contributed by atoms with van der Waals surface area (Å²) in [6.45, 7) is 2.03. The lowest BCUT2D eigenvalue weighted by atomic mass is 10.1. The van der Waals surface area contributed by atoms with Gasteiger partial charge in [0.15, 0.2) is 0 Å². The van der Waals surface area contributed by atoms with Crippen molar-refractivity contribution in [3.8, 4) is 11.4 Å². The number of ether oxygens (including phenoxy) is 1. The van der Waals surface area contributed by atoms with E-state index >= 15 is 0 Å². The first-order valence-corrected chi connectivity index (χ1v) is 9.96. The predicted molar refractivity (Wildman–Crippen MR) is 117 cm³/mol. The lowest BCUT2D eigenvalue weighted by Gasteiger charge is -2.21. The highest BCUT2D eigenvalue weighted by Gasteiger charge is 2.26. The molecule has 3 aromatic carbocycles. The third-order valence-electron chi connectivity index (χ3n) is 5.03. The van der Waals surface area contributed by atoms with Crippen LogP contribution in [0, 0.1) is 0 Å². The second-order valence-corrected chi connectivity index (χ2v) is 7.01. The van der Waals surface area contributed by atoms with Crippen LogP contribution in [0.5, 0.6) is 0 Å². The van der Waals surface area contributed by atoms with E-state index in [9.17, 15) is 9.59 Å². The van der Waals surface area contributed by atoms with Gasteiger partial charge in [0, 0.05) is 5.56 Å². The van der Waals surface area contributed by atoms with Crippen LogP contribution in [-0.2, 0) is 16.1 Å². The summed E-state index contributed by atoms with van der Waals surface area (Å²) in [5.74, 6) is 0.0144. The van der Waals surface area contributed by atoms with Crippen molar-refractivity contribution < 1.29 is 9.53 Å². The Labute approximate surface area is 174 Å². The number of hydrogen-bond donors (Lipinski definition) is 0. The molecule has 4 aromatic rings. The van der Waals surface area contributed by atoms with Crippen LogP contribution in [0.15, 0.2) is 89.7 Å². The molecule has 0 N–H and O–H groups in total. The van der Waals surface area contributed by atoms with Crippen molar-refractivity contribution >= 4 is 16.9 Å². The van der Waals surface area contributed by atoms with Gasteiger partial charge in [0.1, 0.15) is 18.5 Å². The molecule has 0 saturated heterocycles. The molecule has 0 aliphatic rings. The van der Waals surface area contributed by atoms with Crippen LogP contribution < -0.4 is 5.56 Å². The molecule has 1 heterocycles. The maximum absolute atomic E-state index is 13.4. The summed E-state index contributed by atoms with van der Waals surface area (Å²) < 4.78 is 7.04. The highest BCUT2D eigenvalue weighted by molar-refractivity contribution is 5.81. The standard InChI is InChI=1S/C25H22N2O3/c1-2-22(25(29)30-17-18-11-5-3-6-12-18)27-23(19-13-7-4-8-14-19)26-21-16-10-9-15-20(21)24(27)28/h3-16,22H,2,17H2,1H3. The minimum absolute atomic E-state index is 0.159. The third kappa shape index (κ3) is 3.87. The summed E-state index contributed by atoms with van der Waals surface area (Å²) in [5.41, 5.74) is 2.02. The van der Waals surface area contributed by atoms with E-state index in [1.54, 1.807) is 12.1 Å². The maximum Gasteiger partial charge on any atom is 0.329 e. The smallest absolute Gasteiger partial charge is 0.329 e. The van der Waals surface area contributed by atoms with Gasteiger partial charge in [-0.05, 0) is 24.1 Å². The second kappa shape index (κ2) is 8.74. The van der Waals surface area contributed by atoms with Gasteiger partial charge in [0.05, 0.1) is 10.9 Å². The van der Waals surface area contributed by atoms with Crippen LogP contribution in [0.1, 0.15) is 24.9 Å². The van der Waals surface area contributed by atoms with Gasteiger partial charge in [-0.1, -0.05) is 79.7 Å². The molecule has 0 aliphatic carbocycles. The number of carbonyl (C=O) groups excluding carboxylic acids is 1. The summed E-state index contributed by atoms with van der Waals surface area (Å²) >= 11 is 0. The lowest BCUT2D eigenvalue weighted by molar-refractivity contribution is -0.149. The van der Waals surface area contributed by atoms with E-state index in [0.29, 0.717) is 23.1 Å². The Balaban J connectivity index is 1.79. The Kier molecular flexibility index (Phi) is 5.70. The molecule has 0 aliphatic heterocycles. The number of rotatable bonds is 6. The van der Waals surface area contributed by atoms with E-state index < -0.39 is 12.0 Å². The summed E-state index contributed by atoms with van der Waals surface area (Å²) in [5, 5.41) is 0.478. The van der Waals surface area contributed by atoms with Gasteiger partial charge in [0.2, 0.25) is 0 Å². The van der Waals surface area contributed by atoms with Crippen molar-refractivity contribution in [1.82, 2.24) is 9.55 Å². The van der Waals surface area contributed by atoms with Gasteiger partial charge in [-0.25, -0.2) is 9.78 Å². The molecule has 0 amide bonds. The van der Waals surface area contributed by atoms with E-state index in [4.69, 9.17) is 9.72 Å². The van der Waals surface area contributed by atoms with Crippen molar-refractivity contribution in [3.63, 3.8) is 0 Å². The lowest BCUT2D eigenvalue weighted by Crippen LogP contribution is -2.33. The molecule has 0 radical (unpaired) electrons. The number of fused-ring (bicyclic) bond motifs is 1. The van der Waals surface area contributed by atoms with E-state index in [-0.39, 0.29) is 12.2 Å². The number of esters is 1. The molecular weight excluding hydrogens is 376 g/mol. The van der Waals surface area contributed by atoms with Crippen LogP contribution in [-0.4, -0.2) is 15.5 Å². The van der Waals surface area contributed by atoms with Gasteiger partial charge in [-0.3, -0.25) is 9.36 Å². The minimum Gasteiger partial charge on any atom is -0.459 e. The Morgan fingerprint density at radius 3 is 2.27 bits per heavy atom. The maximum atomic E-state index is 13.4. The van der Waals surface area contributed by atoms with Crippen LogP contribution in [0.25, 0.3) is 22.3 Å². The van der Waals surface area contributed by atoms with E-state index in [1.165, 1.54) is 4.57 Å². The summed E-state index contributed by atoms with van der Waals surface area (Å²) in [4.78, 5) is 31.2. The average Bonchev–Trinajstić information content (AvgIpc) is 2.80. The topological polar surface area (TPSA) is 61.2 Å². The van der Waals surface area contributed by atoms with Gasteiger partial charge in [-0.2, -0.15) is 0 Å². The van der Waals surface area contributed by atoms with E-state index in [2.05, 4.69) is 0 Å². The first-order chi connectivity index (χ1) is 14.7. The normalized spacial score (nSPS) is 11.9. The molecule has 0 bridgehead atoms. The Bertz CT molecular complexity index is 1220. The van der Waals surface area contributed by atoms with Crippen molar-refractivity contribution in [3.05, 3.63) is 101 Å². The van der Waals surface area contributed by atoms with Crippen molar-refractivity contribution in [2.45, 2.75) is 26.0 Å². The van der Waals surface area contributed by atoms with Crippen LogP contribution >= 0.6 is 0 Å². The third-order valence-corrected chi connectivity index (χ3v) is 5.03. The number of benzene rings is 3. The molecule has 1 aromatic heterocycles. The molecule has 5 heteroatoms. The minimum atomic E-state index is -0.770. The molecule has 5 nitrogen and oxygen atoms in total. The van der Waals surface area contributed by atoms with Crippen LogP contribution in [0.4, 0.5) is 0 Å². The first kappa shape index (κ1) is 19.6. The fourth-order valence-corrected chi connectivity index (χ4v) is 3.51. The quantitative estimate of drug-likeness (QED) is 0.440. The van der Waals surface area contributed by atoms with Gasteiger partial charge >= 0.3 is 5.97 Å². The molecule has 1 atom stereocenters. The number of hydrogen-bond acceptors (Lipinski definition) is 4. The Hall–Kier alpha value is -3.73.